The van der Waals surface area contributed by atoms with Gasteiger partial charge in [0, 0.05) is 37.9 Å². The Bertz CT molecular complexity index is 536. The van der Waals surface area contributed by atoms with E-state index >= 15 is 0 Å². The van der Waals surface area contributed by atoms with Crippen LogP contribution in [0.25, 0.3) is 0 Å². The quantitative estimate of drug-likeness (QED) is 0.0265. The molecule has 0 aliphatic carbocycles. The molecule has 0 N–H and O–H groups in total. The minimum atomic E-state index is -0.438. The summed E-state index contributed by atoms with van der Waals surface area (Å²) in [5.41, 5.74) is -0.484. The maximum absolute atomic E-state index is 6.66. The Kier molecular flexibility index (Phi) is 37.8. The lowest BCUT2D eigenvalue weighted by Gasteiger charge is -2.35. The largest absolute Gasteiger partial charge is 0.354 e. The number of hydrogen-bond acceptors (Lipinski definition) is 8. The molecule has 0 aliphatic heterocycles. The van der Waals surface area contributed by atoms with Gasteiger partial charge < -0.3 is 18.9 Å². The van der Waals surface area contributed by atoms with Gasteiger partial charge >= 0.3 is 0 Å². The molecule has 0 aromatic rings. The molecule has 0 atom stereocenters. The van der Waals surface area contributed by atoms with E-state index in [9.17, 15) is 0 Å². The summed E-state index contributed by atoms with van der Waals surface area (Å²) in [6.45, 7) is 17.2. The Hall–Kier alpha value is 1.67. The van der Waals surface area contributed by atoms with Crippen molar-refractivity contribution >= 4 is 60.3 Å². The monoisotopic (exact) mass is 758 g/mol. The molecular weight excluding hydrogens is 681 g/mol. The van der Waals surface area contributed by atoms with Crippen LogP contribution in [0, 0.1) is 0 Å². The highest BCUT2D eigenvalue weighted by molar-refractivity contribution is 9.26. The molecule has 0 unspecified atom stereocenters. The lowest BCUT2D eigenvalue weighted by Crippen LogP contribution is -2.43. The summed E-state index contributed by atoms with van der Waals surface area (Å²) in [6.07, 6.45) is 24.3. The Morgan fingerprint density at radius 1 is 0.391 bits per heavy atom. The lowest BCUT2D eigenvalue weighted by molar-refractivity contribution is -0.186. The van der Waals surface area contributed by atoms with Gasteiger partial charge in [-0.05, 0) is 71.0 Å². The van der Waals surface area contributed by atoms with Gasteiger partial charge in [0.1, 0.15) is 10.8 Å². The van der Waals surface area contributed by atoms with Crippen molar-refractivity contribution in [3.05, 3.63) is 0 Å². The maximum atomic E-state index is 6.66. The van der Waals surface area contributed by atoms with Crippen LogP contribution in [0.1, 0.15) is 170 Å². The highest BCUT2D eigenvalue weighted by Crippen LogP contribution is 2.44. The van der Waals surface area contributed by atoms with Crippen molar-refractivity contribution in [3.63, 3.8) is 0 Å². The fourth-order valence-electron chi connectivity index (χ4n) is 5.55. The van der Waals surface area contributed by atoms with Crippen molar-refractivity contribution in [1.29, 1.82) is 0 Å². The van der Waals surface area contributed by atoms with E-state index in [-0.39, 0.29) is 10.8 Å². The van der Waals surface area contributed by atoms with E-state index in [1.165, 1.54) is 113 Å². The molecule has 0 heterocycles. The van der Waals surface area contributed by atoms with Crippen molar-refractivity contribution in [2.45, 2.75) is 193 Å². The molecule has 278 valence electrons. The van der Waals surface area contributed by atoms with Gasteiger partial charge in [-0.2, -0.15) is 0 Å². The van der Waals surface area contributed by atoms with E-state index < -0.39 is 19.0 Å². The smallest absolute Gasteiger partial charge is 0.145 e. The summed E-state index contributed by atoms with van der Waals surface area (Å²) in [6, 6.07) is 2.67. The average molecular weight is 759 g/mol. The Morgan fingerprint density at radius 3 is 0.978 bits per heavy atom. The first kappa shape index (κ1) is 47.7. The second kappa shape index (κ2) is 36.5. The number of rotatable bonds is 39. The normalized spacial score (nSPS) is 12.9. The predicted molar refractivity (Wildman–Crippen MR) is 222 cm³/mol. The first-order valence-electron chi connectivity index (χ1n) is 19.7. The summed E-state index contributed by atoms with van der Waals surface area (Å²) in [5, 5.41) is 0. The Balaban J connectivity index is 4.72. The van der Waals surface area contributed by atoms with Gasteiger partial charge in [0.25, 0.3) is 0 Å². The number of unbranched alkanes of at least 4 members (excludes halogenated alkanes) is 10. The van der Waals surface area contributed by atoms with Gasteiger partial charge in [-0.15, -0.1) is 0 Å². The first-order valence-corrected chi connectivity index (χ1v) is 28.3. The van der Waals surface area contributed by atoms with Gasteiger partial charge in [0.2, 0.25) is 0 Å². The molecule has 4 nitrogen and oxygen atoms in total. The summed E-state index contributed by atoms with van der Waals surface area (Å²) in [5.74, 6) is 2.34. The predicted octanol–water partition coefficient (Wildman–Crippen LogP) is 12.1. The van der Waals surface area contributed by atoms with Crippen LogP contribution in [0.5, 0.6) is 0 Å². The highest BCUT2D eigenvalue weighted by Gasteiger charge is 2.32. The highest BCUT2D eigenvalue weighted by atomic mass is 33.7. The van der Waals surface area contributed by atoms with Gasteiger partial charge in [-0.3, -0.25) is 0 Å². The number of ether oxygens (including phenoxy) is 4. The van der Waals surface area contributed by atoms with Gasteiger partial charge in [0.05, 0.1) is 19.0 Å². The van der Waals surface area contributed by atoms with Crippen LogP contribution in [0.3, 0.4) is 0 Å². The zero-order chi connectivity index (χ0) is 33.9. The van der Waals surface area contributed by atoms with Gasteiger partial charge in [-0.25, -0.2) is 0 Å². The molecule has 46 heavy (non-hydrogen) atoms. The van der Waals surface area contributed by atoms with Crippen LogP contribution >= 0.6 is 41.2 Å². The molecule has 0 rings (SSSR count). The van der Waals surface area contributed by atoms with E-state index in [1.54, 1.807) is 0 Å². The molecule has 0 radical (unpaired) electrons. The Labute approximate surface area is 308 Å². The van der Waals surface area contributed by atoms with Crippen LogP contribution < -0.4 is 0 Å². The van der Waals surface area contributed by atoms with Crippen LogP contribution in [0.4, 0.5) is 0 Å². The molecule has 0 spiro atoms. The Morgan fingerprint density at radius 2 is 0.696 bits per heavy atom. The average Bonchev–Trinajstić information content (AvgIpc) is 3.06. The fourth-order valence-corrected chi connectivity index (χ4v) is 16.4. The van der Waals surface area contributed by atoms with Crippen molar-refractivity contribution in [1.82, 2.24) is 0 Å². The van der Waals surface area contributed by atoms with Gasteiger partial charge in [-0.1, -0.05) is 152 Å². The molecule has 0 fully saturated rings. The van der Waals surface area contributed by atoms with E-state index in [1.807, 2.05) is 41.2 Å². The second-order valence-corrected chi connectivity index (χ2v) is 23.8. The minimum Gasteiger partial charge on any atom is -0.354 e. The van der Waals surface area contributed by atoms with E-state index in [0.717, 1.165) is 65.0 Å². The zero-order valence-electron chi connectivity index (χ0n) is 31.5. The summed E-state index contributed by atoms with van der Waals surface area (Å²) in [4.78, 5) is 0. The summed E-state index contributed by atoms with van der Waals surface area (Å²) >= 11 is 0. The van der Waals surface area contributed by atoms with Crippen LogP contribution in [0.2, 0.25) is 12.1 Å². The standard InChI is InChI=1S/C36H78O4S4Si2/c1-7-13-19-27-37-35(45-33-17-11-5,38-28-20-14-8-2)25-23-31-41-43-44-42-32-24-26-36(46-34-18-12-6,39-29-21-15-9-3)40-30-22-16-10-4/h7-34,45-46H2,1-6H3. The topological polar surface area (TPSA) is 36.9 Å². The van der Waals surface area contributed by atoms with E-state index in [0.29, 0.717) is 0 Å². The van der Waals surface area contributed by atoms with Crippen molar-refractivity contribution in [2.24, 2.45) is 0 Å². The second-order valence-electron chi connectivity index (χ2n) is 12.9. The third-order valence-corrected chi connectivity index (χ3v) is 19.9. The molecule has 0 aromatic heterocycles. The third kappa shape index (κ3) is 28.4. The summed E-state index contributed by atoms with van der Waals surface area (Å²) < 4.78 is 26.6. The van der Waals surface area contributed by atoms with Crippen LogP contribution in [-0.2, 0) is 18.9 Å². The molecule has 0 aliphatic rings. The van der Waals surface area contributed by atoms with Crippen LogP contribution in [0.15, 0.2) is 0 Å². The molecular formula is C36H78O4S4Si2. The lowest BCUT2D eigenvalue weighted by atomic mass is 10.2. The maximum Gasteiger partial charge on any atom is 0.145 e. The van der Waals surface area contributed by atoms with Crippen LogP contribution in [-0.4, -0.2) is 67.8 Å². The fraction of sp³-hybridized carbons (Fsp3) is 1.00. The van der Waals surface area contributed by atoms with Crippen molar-refractivity contribution in [3.8, 4) is 0 Å². The van der Waals surface area contributed by atoms with Crippen molar-refractivity contribution in [2.75, 3.05) is 37.9 Å². The minimum absolute atomic E-state index is 0.242. The molecule has 0 bridgehead atoms. The van der Waals surface area contributed by atoms with E-state index in [2.05, 4.69) is 41.5 Å². The SMILES string of the molecule is CCCCCOC(CCCSSSSCCCC(OCCCCC)(OCCCCC)[SiH2]CCCC)(OCCCCC)[SiH2]CCCC. The van der Waals surface area contributed by atoms with Gasteiger partial charge in [0.15, 0.2) is 0 Å². The van der Waals surface area contributed by atoms with E-state index in [4.69, 9.17) is 18.9 Å². The van der Waals surface area contributed by atoms with Crippen molar-refractivity contribution < 1.29 is 18.9 Å². The molecule has 0 amide bonds. The summed E-state index contributed by atoms with van der Waals surface area (Å²) in [7, 11) is 7.07. The molecule has 0 saturated heterocycles. The molecule has 10 heteroatoms. The third-order valence-electron chi connectivity index (χ3n) is 8.47. The molecule has 0 aromatic carbocycles. The molecule has 0 saturated carbocycles. The first-order chi connectivity index (χ1) is 22.6. The number of hydrogen-bond donors (Lipinski definition) is 0. The zero-order valence-corrected chi connectivity index (χ0v) is 37.6.